The van der Waals surface area contributed by atoms with Crippen molar-refractivity contribution in [2.24, 2.45) is 0 Å². The number of nitrogens with one attached hydrogen (secondary N) is 1. The van der Waals surface area contributed by atoms with Gasteiger partial charge in [-0.05, 0) is 44.0 Å². The molecule has 0 spiro atoms. The molecule has 0 radical (unpaired) electrons. The molecule has 0 amide bonds. The SMILES string of the molecule is CCCNC(C)(CO)Cc1cccc(F)c1. The molecule has 0 aliphatic rings. The van der Waals surface area contributed by atoms with Crippen molar-refractivity contribution >= 4 is 0 Å². The molecule has 16 heavy (non-hydrogen) atoms. The van der Waals surface area contributed by atoms with Gasteiger partial charge in [-0.15, -0.1) is 0 Å². The van der Waals surface area contributed by atoms with E-state index in [9.17, 15) is 9.50 Å². The summed E-state index contributed by atoms with van der Waals surface area (Å²) in [7, 11) is 0. The van der Waals surface area contributed by atoms with Crippen molar-refractivity contribution < 1.29 is 9.50 Å². The Morgan fingerprint density at radius 2 is 2.19 bits per heavy atom. The van der Waals surface area contributed by atoms with Crippen LogP contribution in [0.5, 0.6) is 0 Å². The molecular formula is C13H20FNO. The highest BCUT2D eigenvalue weighted by atomic mass is 19.1. The first-order valence-corrected chi connectivity index (χ1v) is 5.70. The van der Waals surface area contributed by atoms with E-state index in [0.29, 0.717) is 6.42 Å². The summed E-state index contributed by atoms with van der Waals surface area (Å²) in [4.78, 5) is 0. The van der Waals surface area contributed by atoms with E-state index in [0.717, 1.165) is 18.5 Å². The minimum absolute atomic E-state index is 0.0452. The standard InChI is InChI=1S/C13H20FNO/c1-3-7-15-13(2,10-16)9-11-5-4-6-12(14)8-11/h4-6,8,15-16H,3,7,9-10H2,1-2H3. The van der Waals surface area contributed by atoms with Gasteiger partial charge in [0.15, 0.2) is 0 Å². The first-order valence-electron chi connectivity index (χ1n) is 5.70. The van der Waals surface area contributed by atoms with Crippen LogP contribution in [-0.4, -0.2) is 23.8 Å². The zero-order valence-corrected chi connectivity index (χ0v) is 9.96. The first-order chi connectivity index (χ1) is 7.59. The Hall–Kier alpha value is -0.930. The number of aliphatic hydroxyl groups is 1. The average molecular weight is 225 g/mol. The van der Waals surface area contributed by atoms with Crippen LogP contribution in [0.3, 0.4) is 0 Å². The van der Waals surface area contributed by atoms with Crippen LogP contribution in [0, 0.1) is 5.82 Å². The molecule has 1 aromatic carbocycles. The van der Waals surface area contributed by atoms with Crippen LogP contribution in [0.4, 0.5) is 4.39 Å². The second kappa shape index (κ2) is 5.97. The summed E-state index contributed by atoms with van der Waals surface area (Å²) < 4.78 is 13.0. The molecule has 1 aromatic rings. The second-order valence-electron chi connectivity index (χ2n) is 4.45. The lowest BCUT2D eigenvalue weighted by Gasteiger charge is -2.29. The van der Waals surface area contributed by atoms with Crippen molar-refractivity contribution in [2.45, 2.75) is 32.2 Å². The van der Waals surface area contributed by atoms with E-state index < -0.39 is 0 Å². The minimum Gasteiger partial charge on any atom is -0.394 e. The maximum Gasteiger partial charge on any atom is 0.123 e. The Labute approximate surface area is 96.5 Å². The van der Waals surface area contributed by atoms with Crippen LogP contribution in [0.15, 0.2) is 24.3 Å². The fraction of sp³-hybridized carbons (Fsp3) is 0.538. The van der Waals surface area contributed by atoms with Crippen LogP contribution in [-0.2, 0) is 6.42 Å². The lowest BCUT2D eigenvalue weighted by atomic mass is 9.93. The van der Waals surface area contributed by atoms with Crippen LogP contribution < -0.4 is 5.32 Å². The summed E-state index contributed by atoms with van der Waals surface area (Å²) >= 11 is 0. The van der Waals surface area contributed by atoms with Gasteiger partial charge in [0.1, 0.15) is 5.82 Å². The number of rotatable bonds is 6. The second-order valence-corrected chi connectivity index (χ2v) is 4.45. The predicted octanol–water partition coefficient (Wildman–Crippen LogP) is 2.12. The van der Waals surface area contributed by atoms with Crippen LogP contribution in [0.2, 0.25) is 0 Å². The molecule has 0 heterocycles. The van der Waals surface area contributed by atoms with Crippen molar-refractivity contribution in [3.8, 4) is 0 Å². The normalized spacial score (nSPS) is 14.8. The molecule has 1 atom stereocenters. The molecule has 0 aliphatic heterocycles. The third-order valence-electron chi connectivity index (χ3n) is 2.63. The minimum atomic E-state index is -0.371. The molecule has 2 N–H and O–H groups in total. The molecule has 0 fully saturated rings. The monoisotopic (exact) mass is 225 g/mol. The van der Waals surface area contributed by atoms with E-state index in [4.69, 9.17) is 0 Å². The maximum absolute atomic E-state index is 13.0. The number of aliphatic hydroxyl groups excluding tert-OH is 1. The average Bonchev–Trinajstić information content (AvgIpc) is 2.26. The summed E-state index contributed by atoms with van der Waals surface area (Å²) in [6.45, 7) is 4.93. The summed E-state index contributed by atoms with van der Waals surface area (Å²) in [5.41, 5.74) is 0.532. The Kier molecular flexibility index (Phi) is 4.90. The van der Waals surface area contributed by atoms with E-state index in [2.05, 4.69) is 12.2 Å². The molecule has 90 valence electrons. The van der Waals surface area contributed by atoms with Crippen LogP contribution in [0.1, 0.15) is 25.8 Å². The summed E-state index contributed by atoms with van der Waals surface area (Å²) in [5.74, 6) is -0.228. The van der Waals surface area contributed by atoms with Gasteiger partial charge in [0.25, 0.3) is 0 Å². The number of hydrogen-bond acceptors (Lipinski definition) is 2. The fourth-order valence-corrected chi connectivity index (χ4v) is 1.70. The van der Waals surface area contributed by atoms with Gasteiger partial charge in [0.2, 0.25) is 0 Å². The van der Waals surface area contributed by atoms with Crippen LogP contribution in [0.25, 0.3) is 0 Å². The van der Waals surface area contributed by atoms with E-state index in [1.807, 2.05) is 13.0 Å². The van der Waals surface area contributed by atoms with Crippen molar-refractivity contribution in [2.75, 3.05) is 13.2 Å². The predicted molar refractivity (Wildman–Crippen MR) is 63.9 cm³/mol. The third-order valence-corrected chi connectivity index (χ3v) is 2.63. The van der Waals surface area contributed by atoms with Gasteiger partial charge in [-0.25, -0.2) is 4.39 Å². The zero-order chi connectivity index (χ0) is 12.0. The molecule has 1 unspecified atom stereocenters. The van der Waals surface area contributed by atoms with Crippen molar-refractivity contribution in [1.82, 2.24) is 5.32 Å². The Morgan fingerprint density at radius 3 is 2.75 bits per heavy atom. The van der Waals surface area contributed by atoms with Crippen molar-refractivity contribution in [3.05, 3.63) is 35.6 Å². The summed E-state index contributed by atoms with van der Waals surface area (Å²) in [6.07, 6.45) is 1.64. The Balaban J connectivity index is 2.68. The van der Waals surface area contributed by atoms with Gasteiger partial charge in [-0.1, -0.05) is 19.1 Å². The number of benzene rings is 1. The molecule has 0 aliphatic carbocycles. The number of hydrogen-bond donors (Lipinski definition) is 2. The summed E-state index contributed by atoms with van der Waals surface area (Å²) in [6, 6.07) is 6.52. The van der Waals surface area contributed by atoms with Crippen molar-refractivity contribution in [1.29, 1.82) is 0 Å². The van der Waals surface area contributed by atoms with E-state index in [-0.39, 0.29) is 18.0 Å². The van der Waals surface area contributed by atoms with Gasteiger partial charge in [-0.2, -0.15) is 0 Å². The highest BCUT2D eigenvalue weighted by Crippen LogP contribution is 2.14. The van der Waals surface area contributed by atoms with E-state index >= 15 is 0 Å². The molecule has 2 nitrogen and oxygen atoms in total. The van der Waals surface area contributed by atoms with Gasteiger partial charge in [0, 0.05) is 5.54 Å². The van der Waals surface area contributed by atoms with Gasteiger partial charge in [-0.3, -0.25) is 0 Å². The Morgan fingerprint density at radius 1 is 1.44 bits per heavy atom. The van der Waals surface area contributed by atoms with Gasteiger partial charge >= 0.3 is 0 Å². The van der Waals surface area contributed by atoms with Gasteiger partial charge < -0.3 is 10.4 Å². The third kappa shape index (κ3) is 3.91. The first kappa shape index (κ1) is 13.1. The highest BCUT2D eigenvalue weighted by Gasteiger charge is 2.22. The topological polar surface area (TPSA) is 32.3 Å². The largest absolute Gasteiger partial charge is 0.394 e. The molecule has 0 saturated heterocycles. The Bertz CT molecular complexity index is 329. The quantitative estimate of drug-likeness (QED) is 0.777. The smallest absolute Gasteiger partial charge is 0.123 e. The van der Waals surface area contributed by atoms with Gasteiger partial charge in [0.05, 0.1) is 6.61 Å². The molecule has 1 rings (SSSR count). The lowest BCUT2D eigenvalue weighted by molar-refractivity contribution is 0.174. The zero-order valence-electron chi connectivity index (χ0n) is 9.96. The van der Waals surface area contributed by atoms with E-state index in [1.54, 1.807) is 6.07 Å². The summed E-state index contributed by atoms with van der Waals surface area (Å²) in [5, 5.41) is 12.7. The van der Waals surface area contributed by atoms with Crippen molar-refractivity contribution in [3.63, 3.8) is 0 Å². The number of halogens is 1. The molecular weight excluding hydrogens is 205 g/mol. The van der Waals surface area contributed by atoms with Crippen LogP contribution >= 0.6 is 0 Å². The maximum atomic E-state index is 13.0. The molecule has 0 saturated carbocycles. The lowest BCUT2D eigenvalue weighted by Crippen LogP contribution is -2.47. The molecule has 0 aromatic heterocycles. The highest BCUT2D eigenvalue weighted by molar-refractivity contribution is 5.19. The molecule has 0 bridgehead atoms. The molecule has 3 heteroatoms. The van der Waals surface area contributed by atoms with E-state index in [1.165, 1.54) is 12.1 Å². The fourth-order valence-electron chi connectivity index (χ4n) is 1.70.